The van der Waals surface area contributed by atoms with Crippen molar-refractivity contribution >= 4 is 11.6 Å². The first kappa shape index (κ1) is 6.08. The summed E-state index contributed by atoms with van der Waals surface area (Å²) in [4.78, 5) is 22.0. The number of ketones is 2. The largest absolute Gasteiger partial charge is 0.291 e. The van der Waals surface area contributed by atoms with Crippen LogP contribution in [0.4, 0.5) is 0 Å². The smallest absolute Gasteiger partial charge is 0.202 e. The number of carbonyl (C=O) groups excluding carboxylic acids is 2. The second-order valence-corrected chi connectivity index (χ2v) is 3.48. The third-order valence-electron chi connectivity index (χ3n) is 2.83. The van der Waals surface area contributed by atoms with Crippen LogP contribution >= 0.6 is 0 Å². The highest BCUT2D eigenvalue weighted by molar-refractivity contribution is 6.41. The van der Waals surface area contributed by atoms with Crippen molar-refractivity contribution in [1.29, 1.82) is 0 Å². The summed E-state index contributed by atoms with van der Waals surface area (Å²) in [5, 5.41) is 0. The van der Waals surface area contributed by atoms with Gasteiger partial charge >= 0.3 is 0 Å². The molecule has 0 spiro atoms. The van der Waals surface area contributed by atoms with E-state index in [-0.39, 0.29) is 23.4 Å². The molecule has 0 radical (unpaired) electrons. The molecule has 0 saturated heterocycles. The maximum absolute atomic E-state index is 11.0. The molecule has 2 bridgehead atoms. The lowest BCUT2D eigenvalue weighted by atomic mass is 9.89. The van der Waals surface area contributed by atoms with Crippen molar-refractivity contribution in [2.75, 3.05) is 0 Å². The first-order valence-corrected chi connectivity index (χ1v) is 3.78. The number of hydrogen-bond donors (Lipinski definition) is 0. The van der Waals surface area contributed by atoms with Crippen molar-refractivity contribution in [1.82, 2.24) is 0 Å². The fraction of sp³-hybridized carbons (Fsp3) is 0.750. The molecule has 3 unspecified atom stereocenters. The zero-order valence-corrected chi connectivity index (χ0v) is 5.96. The highest BCUT2D eigenvalue weighted by Crippen LogP contribution is 2.43. The van der Waals surface area contributed by atoms with Crippen LogP contribution in [0.5, 0.6) is 0 Å². The molecule has 2 nitrogen and oxygen atoms in total. The molecule has 0 aliphatic heterocycles. The molecule has 2 saturated carbocycles. The molecule has 2 aliphatic rings. The van der Waals surface area contributed by atoms with Crippen molar-refractivity contribution in [3.05, 3.63) is 0 Å². The molecule has 2 aliphatic carbocycles. The molecule has 0 amide bonds. The predicted octanol–water partition coefficient (Wildman–Crippen LogP) is 0.800. The van der Waals surface area contributed by atoms with Crippen LogP contribution in [0.15, 0.2) is 0 Å². The fourth-order valence-electron chi connectivity index (χ4n) is 2.21. The first-order chi connectivity index (χ1) is 4.70. The summed E-state index contributed by atoms with van der Waals surface area (Å²) in [5.41, 5.74) is 0. The average molecular weight is 138 g/mol. The van der Waals surface area contributed by atoms with Crippen molar-refractivity contribution in [3.63, 3.8) is 0 Å². The Morgan fingerprint density at radius 1 is 1.20 bits per heavy atom. The minimum Gasteiger partial charge on any atom is -0.291 e. The lowest BCUT2D eigenvalue weighted by molar-refractivity contribution is -0.139. The summed E-state index contributed by atoms with van der Waals surface area (Å²) in [6.45, 7) is 2.06. The maximum Gasteiger partial charge on any atom is 0.202 e. The third-order valence-corrected chi connectivity index (χ3v) is 2.83. The van der Waals surface area contributed by atoms with E-state index in [1.54, 1.807) is 0 Å². The molecule has 10 heavy (non-hydrogen) atoms. The van der Waals surface area contributed by atoms with Crippen molar-refractivity contribution in [2.24, 2.45) is 17.8 Å². The van der Waals surface area contributed by atoms with Crippen LogP contribution < -0.4 is 0 Å². The van der Waals surface area contributed by atoms with Gasteiger partial charge in [-0.25, -0.2) is 0 Å². The average Bonchev–Trinajstić information content (AvgIpc) is 2.36. The molecule has 0 aromatic rings. The van der Waals surface area contributed by atoms with E-state index in [9.17, 15) is 9.59 Å². The Hall–Kier alpha value is -0.660. The normalized spacial score (nSPS) is 45.1. The monoisotopic (exact) mass is 138 g/mol. The van der Waals surface area contributed by atoms with E-state index in [1.807, 2.05) is 0 Å². The minimum atomic E-state index is -0.0944. The van der Waals surface area contributed by atoms with Crippen molar-refractivity contribution in [2.45, 2.75) is 19.8 Å². The topological polar surface area (TPSA) is 34.1 Å². The maximum atomic E-state index is 11.0. The molecule has 0 aromatic carbocycles. The van der Waals surface area contributed by atoms with Gasteiger partial charge in [0.25, 0.3) is 0 Å². The summed E-state index contributed by atoms with van der Waals surface area (Å²) in [6.07, 6.45) is 1.80. The van der Waals surface area contributed by atoms with Gasteiger partial charge in [-0.3, -0.25) is 9.59 Å². The molecule has 2 rings (SSSR count). The number of hydrogen-bond acceptors (Lipinski definition) is 2. The Morgan fingerprint density at radius 2 is 1.90 bits per heavy atom. The van der Waals surface area contributed by atoms with Gasteiger partial charge in [-0.2, -0.15) is 0 Å². The third kappa shape index (κ3) is 0.542. The van der Waals surface area contributed by atoms with Gasteiger partial charge in [0, 0.05) is 11.8 Å². The second kappa shape index (κ2) is 1.68. The van der Waals surface area contributed by atoms with E-state index in [4.69, 9.17) is 0 Å². The van der Waals surface area contributed by atoms with E-state index < -0.39 is 0 Å². The number of carbonyl (C=O) groups is 2. The minimum absolute atomic E-state index is 0.0937. The molecular weight excluding hydrogens is 128 g/mol. The van der Waals surface area contributed by atoms with Crippen LogP contribution in [0, 0.1) is 17.8 Å². The van der Waals surface area contributed by atoms with Crippen molar-refractivity contribution in [3.8, 4) is 0 Å². The highest BCUT2D eigenvalue weighted by Gasteiger charge is 2.49. The van der Waals surface area contributed by atoms with Crippen LogP contribution in [-0.4, -0.2) is 11.6 Å². The van der Waals surface area contributed by atoms with Gasteiger partial charge in [0.15, 0.2) is 0 Å². The Morgan fingerprint density at radius 3 is 2.30 bits per heavy atom. The first-order valence-electron chi connectivity index (χ1n) is 3.78. The highest BCUT2D eigenvalue weighted by atomic mass is 16.2. The molecule has 3 atom stereocenters. The Bertz CT molecular complexity index is 207. The molecule has 0 N–H and O–H groups in total. The SMILES string of the molecule is CC1CC2CC1C(=O)C2=O. The zero-order chi connectivity index (χ0) is 7.30. The summed E-state index contributed by atoms with van der Waals surface area (Å²) >= 11 is 0. The van der Waals surface area contributed by atoms with Gasteiger partial charge in [0.1, 0.15) is 0 Å². The Labute approximate surface area is 59.6 Å². The molecule has 54 valence electrons. The van der Waals surface area contributed by atoms with Crippen LogP contribution in [0.25, 0.3) is 0 Å². The van der Waals surface area contributed by atoms with E-state index in [1.165, 1.54) is 0 Å². The predicted molar refractivity (Wildman–Crippen MR) is 35.4 cm³/mol. The van der Waals surface area contributed by atoms with Crippen LogP contribution in [-0.2, 0) is 9.59 Å². The molecule has 2 fully saturated rings. The molecule has 2 heteroatoms. The number of Topliss-reactive ketones (excluding diaryl/α,β-unsaturated/α-hetero) is 2. The fourth-order valence-corrected chi connectivity index (χ4v) is 2.21. The standard InChI is InChI=1S/C8H10O2/c1-4-2-5-3-6(4)8(10)7(5)9/h4-6H,2-3H2,1H3. The second-order valence-electron chi connectivity index (χ2n) is 3.48. The van der Waals surface area contributed by atoms with Gasteiger partial charge in [-0.1, -0.05) is 6.92 Å². The van der Waals surface area contributed by atoms with Gasteiger partial charge in [-0.15, -0.1) is 0 Å². The van der Waals surface area contributed by atoms with E-state index in [0.717, 1.165) is 12.8 Å². The van der Waals surface area contributed by atoms with Crippen LogP contribution in [0.3, 0.4) is 0 Å². The Balaban J connectivity index is 2.32. The summed E-state index contributed by atoms with van der Waals surface area (Å²) < 4.78 is 0. The van der Waals surface area contributed by atoms with E-state index in [0.29, 0.717) is 5.92 Å². The van der Waals surface area contributed by atoms with Crippen LogP contribution in [0.1, 0.15) is 19.8 Å². The quantitative estimate of drug-likeness (QED) is 0.464. The van der Waals surface area contributed by atoms with E-state index in [2.05, 4.69) is 6.92 Å². The van der Waals surface area contributed by atoms with Gasteiger partial charge in [0.2, 0.25) is 11.6 Å². The van der Waals surface area contributed by atoms with E-state index >= 15 is 0 Å². The summed E-state index contributed by atoms with van der Waals surface area (Å²) in [7, 11) is 0. The lowest BCUT2D eigenvalue weighted by Crippen LogP contribution is -2.26. The molecule has 0 heterocycles. The number of rotatable bonds is 0. The molecular formula is C8H10O2. The van der Waals surface area contributed by atoms with Crippen LogP contribution in [0.2, 0.25) is 0 Å². The van der Waals surface area contributed by atoms with Gasteiger partial charge in [0.05, 0.1) is 0 Å². The van der Waals surface area contributed by atoms with Gasteiger partial charge in [-0.05, 0) is 18.8 Å². The summed E-state index contributed by atoms with van der Waals surface area (Å²) in [5.74, 6) is 0.479. The number of fused-ring (bicyclic) bond motifs is 2. The Kier molecular flexibility index (Phi) is 1.02. The summed E-state index contributed by atoms with van der Waals surface area (Å²) in [6, 6.07) is 0. The molecule has 0 aromatic heterocycles. The zero-order valence-electron chi connectivity index (χ0n) is 5.96. The lowest BCUT2D eigenvalue weighted by Gasteiger charge is -2.13. The van der Waals surface area contributed by atoms with Crippen molar-refractivity contribution < 1.29 is 9.59 Å². The van der Waals surface area contributed by atoms with Gasteiger partial charge < -0.3 is 0 Å².